The molecule has 3 rings (SSSR count). The van der Waals surface area contributed by atoms with Gasteiger partial charge in [0, 0.05) is 12.1 Å². The number of ether oxygens (including phenoxy) is 1. The molecule has 0 spiro atoms. The van der Waals surface area contributed by atoms with E-state index in [2.05, 4.69) is 17.4 Å². The number of carbonyl (C=O) groups excluding carboxylic acids is 1. The summed E-state index contributed by atoms with van der Waals surface area (Å²) in [5.41, 5.74) is 1.77. The largest absolute Gasteiger partial charge is 0.482 e. The Bertz CT molecular complexity index is 951. The van der Waals surface area contributed by atoms with E-state index in [1.165, 1.54) is 17.9 Å². The lowest BCUT2D eigenvalue weighted by molar-refractivity contribution is 0.0907. The Balaban J connectivity index is 1.53. The predicted octanol–water partition coefficient (Wildman–Crippen LogP) is 3.97. The first-order valence-electron chi connectivity index (χ1n) is 9.26. The fourth-order valence-electron chi connectivity index (χ4n) is 2.75. The lowest BCUT2D eigenvalue weighted by Gasteiger charge is -2.13. The van der Waals surface area contributed by atoms with Crippen LogP contribution in [-0.4, -0.2) is 11.9 Å². The molecule has 0 unspecified atom stereocenters. The summed E-state index contributed by atoms with van der Waals surface area (Å²) in [5.74, 6) is -0.353. The highest BCUT2D eigenvalue weighted by Crippen LogP contribution is 2.10. The Morgan fingerprint density at radius 3 is 2.32 bits per heavy atom. The molecule has 0 aliphatic rings. The van der Waals surface area contributed by atoms with Crippen LogP contribution in [0.15, 0.2) is 82.2 Å². The van der Waals surface area contributed by atoms with Gasteiger partial charge < -0.3 is 14.5 Å². The number of nitrogens with one attached hydrogen (secondary N) is 1. The van der Waals surface area contributed by atoms with E-state index in [4.69, 9.17) is 9.15 Å². The van der Waals surface area contributed by atoms with Crippen molar-refractivity contribution >= 4 is 5.91 Å². The molecule has 28 heavy (non-hydrogen) atoms. The number of hydrogen-bond donors (Lipinski definition) is 1. The van der Waals surface area contributed by atoms with E-state index >= 15 is 0 Å². The van der Waals surface area contributed by atoms with Gasteiger partial charge in [-0.05, 0) is 30.9 Å². The van der Waals surface area contributed by atoms with E-state index in [0.29, 0.717) is 0 Å². The van der Waals surface area contributed by atoms with E-state index in [9.17, 15) is 9.59 Å². The summed E-state index contributed by atoms with van der Waals surface area (Å²) in [6.45, 7) is 2.18. The molecule has 5 heteroatoms. The fraction of sp³-hybridized carbons (Fsp3) is 0.217. The van der Waals surface area contributed by atoms with Crippen molar-refractivity contribution in [3.05, 3.63) is 100 Å². The zero-order chi connectivity index (χ0) is 19.8. The van der Waals surface area contributed by atoms with Crippen molar-refractivity contribution in [1.29, 1.82) is 0 Å². The molecule has 0 fully saturated rings. The van der Waals surface area contributed by atoms with E-state index < -0.39 is 5.91 Å². The van der Waals surface area contributed by atoms with E-state index in [1.54, 1.807) is 0 Å². The number of carbonyl (C=O) groups is 1. The number of benzene rings is 2. The molecular formula is C23H23NO4. The molecule has 1 amide bonds. The topological polar surface area (TPSA) is 68.5 Å². The van der Waals surface area contributed by atoms with Gasteiger partial charge in [-0.25, -0.2) is 0 Å². The molecule has 1 N–H and O–H groups in total. The van der Waals surface area contributed by atoms with Gasteiger partial charge in [0.2, 0.25) is 11.2 Å². The quantitative estimate of drug-likeness (QED) is 0.645. The van der Waals surface area contributed by atoms with Crippen molar-refractivity contribution in [3.8, 4) is 5.75 Å². The molecule has 0 bridgehead atoms. The third-order valence-corrected chi connectivity index (χ3v) is 4.35. The molecule has 1 atom stereocenters. The molecule has 0 aliphatic carbocycles. The Labute approximate surface area is 164 Å². The average molecular weight is 377 g/mol. The second-order valence-corrected chi connectivity index (χ2v) is 6.65. The Morgan fingerprint density at radius 1 is 1.04 bits per heavy atom. The first-order chi connectivity index (χ1) is 13.6. The molecular weight excluding hydrogens is 354 g/mol. The normalized spacial score (nSPS) is 11.6. The summed E-state index contributed by atoms with van der Waals surface area (Å²) in [4.78, 5) is 24.5. The van der Waals surface area contributed by atoms with Crippen LogP contribution in [0, 0.1) is 0 Å². The van der Waals surface area contributed by atoms with Gasteiger partial charge in [0.25, 0.3) is 5.91 Å². The zero-order valence-corrected chi connectivity index (χ0v) is 15.8. The summed E-state index contributed by atoms with van der Waals surface area (Å²) in [6, 6.07) is 20.7. The highest BCUT2D eigenvalue weighted by atomic mass is 16.5. The van der Waals surface area contributed by atoms with Crippen molar-refractivity contribution in [2.24, 2.45) is 0 Å². The number of hydrogen-bond acceptors (Lipinski definition) is 4. The standard InChI is InChI=1S/C23H23NO4/c1-17(12-13-18-8-4-2-5-9-18)24-23(26)21-14-20(25)22(16-28-21)27-15-19-10-6-3-7-11-19/h2-11,14,16-17H,12-13,15H2,1H3,(H,24,26)/t17-/m1/s1. The molecule has 0 radical (unpaired) electrons. The van der Waals surface area contributed by atoms with Crippen molar-refractivity contribution in [2.45, 2.75) is 32.4 Å². The molecule has 5 nitrogen and oxygen atoms in total. The van der Waals surface area contributed by atoms with Crippen LogP contribution in [0.2, 0.25) is 0 Å². The van der Waals surface area contributed by atoms with Crippen LogP contribution in [0.1, 0.15) is 35.0 Å². The van der Waals surface area contributed by atoms with Crippen LogP contribution in [0.25, 0.3) is 0 Å². The van der Waals surface area contributed by atoms with Crippen molar-refractivity contribution < 1.29 is 13.9 Å². The lowest BCUT2D eigenvalue weighted by Crippen LogP contribution is -2.33. The van der Waals surface area contributed by atoms with Crippen LogP contribution in [0.5, 0.6) is 5.75 Å². The van der Waals surface area contributed by atoms with Gasteiger partial charge in [0.05, 0.1) is 0 Å². The Hall–Kier alpha value is -3.34. The van der Waals surface area contributed by atoms with E-state index in [-0.39, 0.29) is 29.6 Å². The highest BCUT2D eigenvalue weighted by molar-refractivity contribution is 5.91. The van der Waals surface area contributed by atoms with E-state index in [0.717, 1.165) is 18.4 Å². The first kappa shape index (κ1) is 19.4. The van der Waals surface area contributed by atoms with Gasteiger partial charge in [-0.3, -0.25) is 9.59 Å². The van der Waals surface area contributed by atoms with Gasteiger partial charge in [-0.2, -0.15) is 0 Å². The third-order valence-electron chi connectivity index (χ3n) is 4.35. The van der Waals surface area contributed by atoms with Crippen molar-refractivity contribution in [2.75, 3.05) is 0 Å². The zero-order valence-electron chi connectivity index (χ0n) is 15.8. The molecule has 3 aromatic rings. The molecule has 1 aromatic heterocycles. The maximum Gasteiger partial charge on any atom is 0.287 e. The fourth-order valence-corrected chi connectivity index (χ4v) is 2.75. The minimum atomic E-state index is -0.410. The predicted molar refractivity (Wildman–Crippen MR) is 107 cm³/mol. The van der Waals surface area contributed by atoms with Gasteiger partial charge >= 0.3 is 0 Å². The van der Waals surface area contributed by atoms with Crippen LogP contribution >= 0.6 is 0 Å². The minimum Gasteiger partial charge on any atom is -0.482 e. The smallest absolute Gasteiger partial charge is 0.287 e. The summed E-state index contributed by atoms with van der Waals surface area (Å²) < 4.78 is 10.8. The molecule has 1 heterocycles. The third kappa shape index (κ3) is 5.58. The van der Waals surface area contributed by atoms with Gasteiger partial charge in [-0.15, -0.1) is 0 Å². The Morgan fingerprint density at radius 2 is 1.68 bits per heavy atom. The van der Waals surface area contributed by atoms with Crippen LogP contribution in [0.4, 0.5) is 0 Å². The van der Waals surface area contributed by atoms with Crippen LogP contribution in [0.3, 0.4) is 0 Å². The number of rotatable bonds is 8. The second kappa shape index (κ2) is 9.55. The van der Waals surface area contributed by atoms with Gasteiger partial charge in [0.1, 0.15) is 12.9 Å². The number of amides is 1. The minimum absolute atomic E-state index is 0.0244. The highest BCUT2D eigenvalue weighted by Gasteiger charge is 2.14. The monoisotopic (exact) mass is 377 g/mol. The van der Waals surface area contributed by atoms with E-state index in [1.807, 2.05) is 55.5 Å². The van der Waals surface area contributed by atoms with Gasteiger partial charge in [0.15, 0.2) is 5.76 Å². The lowest BCUT2D eigenvalue weighted by atomic mass is 10.1. The average Bonchev–Trinajstić information content (AvgIpc) is 2.73. The molecule has 144 valence electrons. The van der Waals surface area contributed by atoms with Gasteiger partial charge in [-0.1, -0.05) is 60.7 Å². The SMILES string of the molecule is C[C@H](CCc1ccccc1)NC(=O)c1cc(=O)c(OCc2ccccc2)co1. The maximum atomic E-state index is 12.3. The van der Waals surface area contributed by atoms with Crippen LogP contribution < -0.4 is 15.5 Å². The molecule has 0 aliphatic heterocycles. The summed E-state index contributed by atoms with van der Waals surface area (Å²) in [5, 5.41) is 2.86. The maximum absolute atomic E-state index is 12.3. The molecule has 0 saturated carbocycles. The van der Waals surface area contributed by atoms with Crippen molar-refractivity contribution in [1.82, 2.24) is 5.32 Å². The first-order valence-corrected chi connectivity index (χ1v) is 9.26. The molecule has 2 aromatic carbocycles. The Kier molecular flexibility index (Phi) is 6.63. The summed E-state index contributed by atoms with van der Waals surface area (Å²) in [6.07, 6.45) is 2.84. The van der Waals surface area contributed by atoms with Crippen LogP contribution in [-0.2, 0) is 13.0 Å². The number of aryl methyl sites for hydroxylation is 1. The van der Waals surface area contributed by atoms with Crippen molar-refractivity contribution in [3.63, 3.8) is 0 Å². The summed E-state index contributed by atoms with van der Waals surface area (Å²) in [7, 11) is 0. The molecule has 0 saturated heterocycles. The second-order valence-electron chi connectivity index (χ2n) is 6.65. The summed E-state index contributed by atoms with van der Waals surface area (Å²) >= 11 is 0.